The maximum atomic E-state index is 13.1. The number of para-hydroxylation sites is 1. The number of nitrogens with two attached hydrogens (primary N) is 1. The van der Waals surface area contributed by atoms with E-state index in [-0.39, 0.29) is 18.4 Å². The molecule has 8 heteroatoms. The highest BCUT2D eigenvalue weighted by molar-refractivity contribution is 6.04. The maximum Gasteiger partial charge on any atom is 0.339 e. The average molecular weight is 428 g/mol. The number of nitrogen functional groups attached to an aromatic ring is 1. The molecule has 0 atom stereocenters. The van der Waals surface area contributed by atoms with Crippen LogP contribution < -0.4 is 10.6 Å². The van der Waals surface area contributed by atoms with Crippen molar-refractivity contribution >= 4 is 28.8 Å². The number of carbonyl (C=O) groups excluding carboxylic acids is 1. The number of hydrogen-bond donors (Lipinski definition) is 1. The second-order valence-electron chi connectivity index (χ2n) is 7.77. The third-order valence-corrected chi connectivity index (χ3v) is 5.01. The Balaban J connectivity index is 1.69. The van der Waals surface area contributed by atoms with Crippen LogP contribution >= 0.6 is 0 Å². The zero-order chi connectivity index (χ0) is 22.8. The Hall–Kier alpha value is -4.07. The van der Waals surface area contributed by atoms with Crippen LogP contribution in [0, 0.1) is 13.8 Å². The summed E-state index contributed by atoms with van der Waals surface area (Å²) in [5, 5.41) is 0.718. The van der Waals surface area contributed by atoms with E-state index in [4.69, 9.17) is 15.5 Å². The number of esters is 1. The molecule has 0 radical (unpaired) electrons. The topological polar surface area (TPSA) is 107 Å². The van der Waals surface area contributed by atoms with Gasteiger partial charge in [-0.1, -0.05) is 42.0 Å². The van der Waals surface area contributed by atoms with Crippen molar-refractivity contribution in [2.24, 2.45) is 0 Å². The van der Waals surface area contributed by atoms with Crippen LogP contribution in [-0.2, 0) is 11.3 Å². The zero-order valence-corrected chi connectivity index (χ0v) is 18.5. The Bertz CT molecular complexity index is 1320. The Morgan fingerprint density at radius 3 is 2.53 bits per heavy atom. The van der Waals surface area contributed by atoms with E-state index in [0.717, 1.165) is 22.0 Å². The molecule has 0 bridgehead atoms. The van der Waals surface area contributed by atoms with E-state index in [2.05, 4.69) is 21.0 Å². The van der Waals surface area contributed by atoms with Crippen molar-refractivity contribution in [3.05, 3.63) is 71.0 Å². The lowest BCUT2D eigenvalue weighted by Crippen LogP contribution is -2.17. The lowest BCUT2D eigenvalue weighted by Gasteiger charge is -2.13. The summed E-state index contributed by atoms with van der Waals surface area (Å²) < 4.78 is 5.56. The molecule has 2 heterocycles. The van der Waals surface area contributed by atoms with Gasteiger partial charge >= 0.3 is 5.97 Å². The van der Waals surface area contributed by atoms with Crippen LogP contribution in [0.3, 0.4) is 0 Å². The molecule has 0 spiro atoms. The number of carbonyl (C=O) groups is 1. The quantitative estimate of drug-likeness (QED) is 0.480. The van der Waals surface area contributed by atoms with Crippen molar-refractivity contribution in [3.63, 3.8) is 0 Å². The number of pyridine rings is 1. The van der Waals surface area contributed by atoms with Crippen molar-refractivity contribution in [1.29, 1.82) is 0 Å². The van der Waals surface area contributed by atoms with E-state index in [0.29, 0.717) is 17.2 Å². The summed E-state index contributed by atoms with van der Waals surface area (Å²) in [7, 11) is 3.59. The van der Waals surface area contributed by atoms with E-state index >= 15 is 0 Å². The summed E-state index contributed by atoms with van der Waals surface area (Å²) >= 11 is 0. The fourth-order valence-electron chi connectivity index (χ4n) is 3.48. The van der Waals surface area contributed by atoms with Crippen LogP contribution in [0.5, 0.6) is 0 Å². The van der Waals surface area contributed by atoms with Crippen LogP contribution in [-0.4, -0.2) is 40.0 Å². The fourth-order valence-corrected chi connectivity index (χ4v) is 3.48. The van der Waals surface area contributed by atoms with Gasteiger partial charge in [0.2, 0.25) is 11.9 Å². The van der Waals surface area contributed by atoms with Gasteiger partial charge in [0, 0.05) is 25.0 Å². The number of aromatic nitrogens is 4. The zero-order valence-electron chi connectivity index (χ0n) is 18.5. The fraction of sp³-hybridized carbons (Fsp3) is 0.208. The molecule has 8 nitrogen and oxygen atoms in total. The summed E-state index contributed by atoms with van der Waals surface area (Å²) in [5.74, 6) is 0.263. The van der Waals surface area contributed by atoms with Gasteiger partial charge in [0.15, 0.2) is 12.4 Å². The minimum Gasteiger partial charge on any atom is -0.454 e. The van der Waals surface area contributed by atoms with E-state index < -0.39 is 5.97 Å². The molecule has 32 heavy (non-hydrogen) atoms. The molecule has 0 aliphatic carbocycles. The molecule has 0 aliphatic heterocycles. The smallest absolute Gasteiger partial charge is 0.339 e. The highest BCUT2D eigenvalue weighted by Gasteiger charge is 2.17. The predicted molar refractivity (Wildman–Crippen MR) is 124 cm³/mol. The molecule has 0 unspecified atom stereocenters. The van der Waals surface area contributed by atoms with Gasteiger partial charge < -0.3 is 15.4 Å². The third-order valence-electron chi connectivity index (χ3n) is 5.01. The predicted octanol–water partition coefficient (Wildman–Crippen LogP) is 3.71. The first-order valence-electron chi connectivity index (χ1n) is 10.1. The van der Waals surface area contributed by atoms with Crippen LogP contribution in [0.15, 0.2) is 48.5 Å². The first-order chi connectivity index (χ1) is 15.3. The Morgan fingerprint density at radius 1 is 1.00 bits per heavy atom. The monoisotopic (exact) mass is 428 g/mol. The van der Waals surface area contributed by atoms with Crippen LogP contribution in [0.2, 0.25) is 0 Å². The molecule has 2 aromatic carbocycles. The summed E-state index contributed by atoms with van der Waals surface area (Å²) in [6.45, 7) is 3.95. The third kappa shape index (κ3) is 4.34. The average Bonchev–Trinajstić information content (AvgIpc) is 2.76. The summed E-state index contributed by atoms with van der Waals surface area (Å²) in [6.07, 6.45) is 0. The first kappa shape index (κ1) is 21.2. The maximum absolute atomic E-state index is 13.1. The number of anilines is 2. The molecule has 0 fully saturated rings. The normalized spacial score (nSPS) is 10.9. The number of rotatable bonds is 5. The van der Waals surface area contributed by atoms with Crippen molar-refractivity contribution in [3.8, 4) is 11.3 Å². The van der Waals surface area contributed by atoms with Gasteiger partial charge in [-0.2, -0.15) is 15.0 Å². The molecule has 4 rings (SSSR count). The molecule has 4 aromatic rings. The second kappa shape index (κ2) is 8.58. The highest BCUT2D eigenvalue weighted by Crippen LogP contribution is 2.28. The first-order valence-corrected chi connectivity index (χ1v) is 10.1. The van der Waals surface area contributed by atoms with Crippen molar-refractivity contribution in [2.75, 3.05) is 24.7 Å². The van der Waals surface area contributed by atoms with Gasteiger partial charge in [-0.05, 0) is 31.5 Å². The van der Waals surface area contributed by atoms with Gasteiger partial charge in [0.25, 0.3) is 0 Å². The molecular weight excluding hydrogens is 404 g/mol. The molecule has 0 amide bonds. The van der Waals surface area contributed by atoms with Gasteiger partial charge in [-0.3, -0.25) is 0 Å². The molecule has 0 saturated heterocycles. The summed E-state index contributed by atoms with van der Waals surface area (Å²) in [5.41, 5.74) is 10.8. The van der Waals surface area contributed by atoms with Crippen molar-refractivity contribution in [2.45, 2.75) is 20.5 Å². The van der Waals surface area contributed by atoms with E-state index in [1.54, 1.807) is 25.1 Å². The molecular formula is C24H24N6O2. The Morgan fingerprint density at radius 2 is 1.78 bits per heavy atom. The van der Waals surface area contributed by atoms with Gasteiger partial charge in [-0.25, -0.2) is 9.78 Å². The van der Waals surface area contributed by atoms with Gasteiger partial charge in [0.1, 0.15) is 0 Å². The van der Waals surface area contributed by atoms with E-state index in [9.17, 15) is 4.79 Å². The number of ether oxygens (including phenoxy) is 1. The number of benzene rings is 2. The highest BCUT2D eigenvalue weighted by atomic mass is 16.5. The van der Waals surface area contributed by atoms with Gasteiger partial charge in [0.05, 0.1) is 16.8 Å². The van der Waals surface area contributed by atoms with Gasteiger partial charge in [-0.15, -0.1) is 0 Å². The standard InChI is InChI=1S/C24H24N6O2/c1-14-9-10-16(15(2)11-14)20-12-18(17-7-5-6-8-19(17)26-20)22(31)32-13-21-27-23(25)29-24(28-21)30(3)4/h5-12H,13H2,1-4H3,(H2,25,27,28,29). The van der Waals surface area contributed by atoms with Crippen LogP contribution in [0.4, 0.5) is 11.9 Å². The number of aryl methyl sites for hydroxylation is 2. The molecule has 2 aromatic heterocycles. The lowest BCUT2D eigenvalue weighted by atomic mass is 9.99. The molecule has 0 aliphatic rings. The van der Waals surface area contributed by atoms with E-state index in [1.165, 1.54) is 5.56 Å². The van der Waals surface area contributed by atoms with Crippen LogP contribution in [0.1, 0.15) is 27.3 Å². The second-order valence-corrected chi connectivity index (χ2v) is 7.77. The minimum absolute atomic E-state index is 0.0706. The number of hydrogen-bond acceptors (Lipinski definition) is 8. The largest absolute Gasteiger partial charge is 0.454 e. The number of nitrogens with zero attached hydrogens (tertiary/aromatic N) is 5. The van der Waals surface area contributed by atoms with E-state index in [1.807, 2.05) is 50.2 Å². The number of fused-ring (bicyclic) bond motifs is 1. The Labute approximate surface area is 186 Å². The molecule has 2 N–H and O–H groups in total. The van der Waals surface area contributed by atoms with Crippen molar-refractivity contribution < 1.29 is 9.53 Å². The lowest BCUT2D eigenvalue weighted by molar-refractivity contribution is 0.0464. The van der Waals surface area contributed by atoms with Crippen molar-refractivity contribution in [1.82, 2.24) is 19.9 Å². The summed E-state index contributed by atoms with van der Waals surface area (Å²) in [6, 6.07) is 15.4. The summed E-state index contributed by atoms with van der Waals surface area (Å²) in [4.78, 5) is 32.0. The molecule has 162 valence electrons. The Kier molecular flexibility index (Phi) is 5.68. The van der Waals surface area contributed by atoms with Crippen LogP contribution in [0.25, 0.3) is 22.2 Å². The molecule has 0 saturated carbocycles. The SMILES string of the molecule is Cc1ccc(-c2cc(C(=O)OCc3nc(N)nc(N(C)C)n3)c3ccccc3n2)c(C)c1. The minimum atomic E-state index is -0.486.